The van der Waals surface area contributed by atoms with E-state index in [9.17, 15) is 5.11 Å². The normalized spacial score (nSPS) is 12.1. The lowest BCUT2D eigenvalue weighted by Crippen LogP contribution is -2.01. The fourth-order valence-corrected chi connectivity index (χ4v) is 1.82. The highest BCUT2D eigenvalue weighted by atomic mass is 16.5. The molecular weight excluding hydrogens is 226 g/mol. The fourth-order valence-electron chi connectivity index (χ4n) is 1.82. The Morgan fingerprint density at radius 3 is 2.56 bits per heavy atom. The van der Waals surface area contributed by atoms with Crippen LogP contribution in [0.25, 0.3) is 0 Å². The summed E-state index contributed by atoms with van der Waals surface area (Å²) in [5.41, 5.74) is 1.91. The second kappa shape index (κ2) is 6.17. The number of aliphatic hydroxyl groups excluding tert-OH is 1. The van der Waals surface area contributed by atoms with E-state index in [-0.39, 0.29) is 0 Å². The number of hydrogen-bond donors (Lipinski definition) is 1. The predicted molar refractivity (Wildman–Crippen MR) is 70.5 cm³/mol. The summed E-state index contributed by atoms with van der Waals surface area (Å²) in [5, 5.41) is 10.00. The minimum Gasteiger partial charge on any atom is -0.497 e. The third-order valence-electron chi connectivity index (χ3n) is 2.89. The molecule has 3 heteroatoms. The summed E-state index contributed by atoms with van der Waals surface area (Å²) >= 11 is 0. The highest BCUT2D eigenvalue weighted by Gasteiger charge is 2.08. The first kappa shape index (κ1) is 12.6. The molecule has 2 aromatic rings. The zero-order valence-corrected chi connectivity index (χ0v) is 10.4. The summed E-state index contributed by atoms with van der Waals surface area (Å²) in [6.45, 7) is 0. The van der Waals surface area contributed by atoms with Gasteiger partial charge in [0.15, 0.2) is 0 Å². The third kappa shape index (κ3) is 3.31. The van der Waals surface area contributed by atoms with Gasteiger partial charge in [-0.3, -0.25) is 4.98 Å². The van der Waals surface area contributed by atoms with Crippen LogP contribution >= 0.6 is 0 Å². The predicted octanol–water partition coefficient (Wildman–Crippen LogP) is 2.76. The third-order valence-corrected chi connectivity index (χ3v) is 2.89. The van der Waals surface area contributed by atoms with E-state index in [1.165, 1.54) is 5.56 Å². The minimum atomic E-state index is -0.506. The van der Waals surface area contributed by atoms with Crippen LogP contribution in [0.15, 0.2) is 48.7 Å². The Labute approximate surface area is 107 Å². The number of rotatable bonds is 5. The molecule has 0 aliphatic rings. The van der Waals surface area contributed by atoms with E-state index in [1.54, 1.807) is 13.3 Å². The summed E-state index contributed by atoms with van der Waals surface area (Å²) in [6, 6.07) is 13.5. The van der Waals surface area contributed by atoms with Gasteiger partial charge in [-0.05, 0) is 42.7 Å². The van der Waals surface area contributed by atoms with Crippen LogP contribution in [0, 0.1) is 0 Å². The van der Waals surface area contributed by atoms with Gasteiger partial charge in [0.2, 0.25) is 0 Å². The van der Waals surface area contributed by atoms with Gasteiger partial charge in [-0.1, -0.05) is 18.2 Å². The molecule has 1 aromatic heterocycles. The number of methoxy groups -OCH3 is 1. The van der Waals surface area contributed by atoms with Gasteiger partial charge < -0.3 is 9.84 Å². The highest BCUT2D eigenvalue weighted by molar-refractivity contribution is 5.27. The van der Waals surface area contributed by atoms with E-state index in [2.05, 4.69) is 4.98 Å². The molecule has 0 spiro atoms. The maximum atomic E-state index is 10.00. The second-order valence-corrected chi connectivity index (χ2v) is 4.16. The van der Waals surface area contributed by atoms with E-state index in [4.69, 9.17) is 4.74 Å². The van der Waals surface area contributed by atoms with E-state index in [1.807, 2.05) is 42.5 Å². The molecule has 0 radical (unpaired) electrons. The Hall–Kier alpha value is -1.87. The van der Waals surface area contributed by atoms with Crippen molar-refractivity contribution in [1.82, 2.24) is 4.98 Å². The minimum absolute atomic E-state index is 0.506. The average molecular weight is 243 g/mol. The van der Waals surface area contributed by atoms with Crippen molar-refractivity contribution in [3.63, 3.8) is 0 Å². The molecule has 1 heterocycles. The number of aryl methyl sites for hydroxylation is 1. The molecule has 94 valence electrons. The summed E-state index contributed by atoms with van der Waals surface area (Å²) in [7, 11) is 1.65. The number of hydrogen-bond acceptors (Lipinski definition) is 3. The molecule has 1 atom stereocenters. The average Bonchev–Trinajstić information content (AvgIpc) is 2.46. The molecule has 0 saturated heterocycles. The number of nitrogens with zero attached hydrogens (tertiary/aromatic N) is 1. The molecule has 1 N–H and O–H groups in total. The molecule has 0 bridgehead atoms. The Bertz CT molecular complexity index is 468. The van der Waals surface area contributed by atoms with Gasteiger partial charge in [-0.25, -0.2) is 0 Å². The van der Waals surface area contributed by atoms with Crippen molar-refractivity contribution >= 4 is 0 Å². The highest BCUT2D eigenvalue weighted by Crippen LogP contribution is 2.18. The first-order valence-corrected chi connectivity index (χ1v) is 6.01. The smallest absolute Gasteiger partial charge is 0.118 e. The largest absolute Gasteiger partial charge is 0.497 e. The van der Waals surface area contributed by atoms with Crippen LogP contribution in [0.2, 0.25) is 0 Å². The van der Waals surface area contributed by atoms with Crippen LogP contribution in [0.1, 0.15) is 23.8 Å². The van der Waals surface area contributed by atoms with Crippen LogP contribution < -0.4 is 4.74 Å². The lowest BCUT2D eigenvalue weighted by molar-refractivity contribution is 0.163. The number of pyridine rings is 1. The van der Waals surface area contributed by atoms with Gasteiger partial charge >= 0.3 is 0 Å². The zero-order valence-electron chi connectivity index (χ0n) is 10.4. The number of aliphatic hydroxyl groups is 1. The molecule has 0 saturated carbocycles. The second-order valence-electron chi connectivity index (χ2n) is 4.16. The molecule has 2 rings (SSSR count). The van der Waals surface area contributed by atoms with Crippen molar-refractivity contribution in [2.24, 2.45) is 0 Å². The van der Waals surface area contributed by atoms with E-state index < -0.39 is 6.10 Å². The monoisotopic (exact) mass is 243 g/mol. The molecular formula is C15H17NO2. The first-order valence-electron chi connectivity index (χ1n) is 6.01. The summed E-state index contributed by atoms with van der Waals surface area (Å²) in [4.78, 5) is 4.15. The lowest BCUT2D eigenvalue weighted by atomic mass is 10.0. The maximum absolute atomic E-state index is 10.00. The molecule has 0 aliphatic carbocycles. The van der Waals surface area contributed by atoms with E-state index >= 15 is 0 Å². The van der Waals surface area contributed by atoms with Gasteiger partial charge in [0, 0.05) is 6.20 Å². The Morgan fingerprint density at radius 2 is 1.94 bits per heavy atom. The van der Waals surface area contributed by atoms with Crippen LogP contribution in [0.5, 0.6) is 5.75 Å². The molecule has 0 amide bonds. The van der Waals surface area contributed by atoms with Crippen LogP contribution in [-0.4, -0.2) is 17.2 Å². The number of aromatic nitrogens is 1. The quantitative estimate of drug-likeness (QED) is 0.878. The van der Waals surface area contributed by atoms with Crippen LogP contribution in [0.3, 0.4) is 0 Å². The number of benzene rings is 1. The van der Waals surface area contributed by atoms with E-state index in [0.29, 0.717) is 6.42 Å². The molecule has 0 fully saturated rings. The zero-order chi connectivity index (χ0) is 12.8. The van der Waals surface area contributed by atoms with Gasteiger partial charge in [0.1, 0.15) is 5.75 Å². The van der Waals surface area contributed by atoms with Crippen LogP contribution in [0.4, 0.5) is 0 Å². The van der Waals surface area contributed by atoms with Gasteiger partial charge in [-0.15, -0.1) is 0 Å². The van der Waals surface area contributed by atoms with Crippen molar-refractivity contribution in [2.45, 2.75) is 18.9 Å². The molecule has 18 heavy (non-hydrogen) atoms. The molecule has 0 aliphatic heterocycles. The molecule has 3 nitrogen and oxygen atoms in total. The van der Waals surface area contributed by atoms with Gasteiger partial charge in [0.05, 0.1) is 18.9 Å². The topological polar surface area (TPSA) is 42.4 Å². The first-order chi connectivity index (χ1) is 8.79. The summed E-state index contributed by atoms with van der Waals surface area (Å²) in [5.74, 6) is 0.851. The van der Waals surface area contributed by atoms with Crippen molar-refractivity contribution in [3.8, 4) is 5.75 Å². The van der Waals surface area contributed by atoms with Crippen LogP contribution in [-0.2, 0) is 6.42 Å². The molecule has 0 unspecified atom stereocenters. The summed E-state index contributed by atoms with van der Waals surface area (Å²) in [6.07, 6.45) is 2.69. The standard InChI is InChI=1S/C15H17NO2/c1-18-13-8-5-12(6-9-13)7-10-15(17)14-4-2-3-11-16-14/h2-6,8-9,11,15,17H,7,10H2,1H3/t15-/m1/s1. The van der Waals surface area contributed by atoms with Crippen molar-refractivity contribution in [1.29, 1.82) is 0 Å². The van der Waals surface area contributed by atoms with Gasteiger partial charge in [-0.2, -0.15) is 0 Å². The Balaban J connectivity index is 1.91. The molecule has 1 aromatic carbocycles. The summed E-state index contributed by atoms with van der Waals surface area (Å²) < 4.78 is 5.10. The maximum Gasteiger partial charge on any atom is 0.118 e. The van der Waals surface area contributed by atoms with Gasteiger partial charge in [0.25, 0.3) is 0 Å². The lowest BCUT2D eigenvalue weighted by Gasteiger charge is -2.10. The fraction of sp³-hybridized carbons (Fsp3) is 0.267. The SMILES string of the molecule is COc1ccc(CC[C@@H](O)c2ccccn2)cc1. The van der Waals surface area contributed by atoms with Crippen molar-refractivity contribution in [2.75, 3.05) is 7.11 Å². The Kier molecular flexibility index (Phi) is 4.31. The Morgan fingerprint density at radius 1 is 1.17 bits per heavy atom. The van der Waals surface area contributed by atoms with E-state index in [0.717, 1.165) is 17.9 Å². The van der Waals surface area contributed by atoms with Crippen molar-refractivity contribution in [3.05, 3.63) is 59.9 Å². The van der Waals surface area contributed by atoms with Crippen molar-refractivity contribution < 1.29 is 9.84 Å². The number of ether oxygens (including phenoxy) is 1.